The summed E-state index contributed by atoms with van der Waals surface area (Å²) in [5.74, 6) is 10.0. The van der Waals surface area contributed by atoms with Gasteiger partial charge in [0.2, 0.25) is 0 Å². The Morgan fingerprint density at radius 2 is 1.16 bits per heavy atom. The zero-order chi connectivity index (χ0) is 25.9. The Morgan fingerprint density at radius 1 is 0.711 bits per heavy atom. The quantitative estimate of drug-likeness (QED) is 0.362. The highest BCUT2D eigenvalue weighted by atomic mass is 16.5. The number of rotatable bonds is 4. The molecule has 9 aliphatic carbocycles. The van der Waals surface area contributed by atoms with Crippen molar-refractivity contribution in [3.63, 3.8) is 0 Å². The molecule has 0 saturated heterocycles. The van der Waals surface area contributed by atoms with Crippen LogP contribution in [-0.2, 0) is 19.1 Å². The van der Waals surface area contributed by atoms with Crippen LogP contribution in [0.4, 0.5) is 0 Å². The van der Waals surface area contributed by atoms with Crippen molar-refractivity contribution in [2.75, 3.05) is 13.2 Å². The molecule has 4 heteroatoms. The minimum absolute atomic E-state index is 0.179. The lowest BCUT2D eigenvalue weighted by molar-refractivity contribution is -0.378. The Labute approximate surface area is 226 Å². The second-order valence-corrected chi connectivity index (χ2v) is 15.3. The maximum absolute atomic E-state index is 11.8. The van der Waals surface area contributed by atoms with Crippen LogP contribution in [0.3, 0.4) is 0 Å². The maximum Gasteiger partial charge on any atom is 0.302 e. The molecule has 0 aromatic heterocycles. The molecular formula is C34H42O4. The first kappa shape index (κ1) is 22.9. The molecule has 4 nitrogen and oxygen atoms in total. The maximum atomic E-state index is 11.8. The minimum atomic E-state index is -0.179. The summed E-state index contributed by atoms with van der Waals surface area (Å²) in [6.45, 7) is 9.55. The van der Waals surface area contributed by atoms with E-state index in [1.165, 1.54) is 39.5 Å². The van der Waals surface area contributed by atoms with E-state index in [4.69, 9.17) is 9.47 Å². The minimum Gasteiger partial charge on any atom is -0.466 e. The van der Waals surface area contributed by atoms with Crippen molar-refractivity contribution in [1.82, 2.24) is 0 Å². The van der Waals surface area contributed by atoms with Crippen LogP contribution in [0, 0.1) is 81.8 Å². The summed E-state index contributed by atoms with van der Waals surface area (Å²) in [6, 6.07) is 9.44. The lowest BCUT2D eigenvalue weighted by Crippen LogP contribution is -2.81. The molecule has 6 bridgehead atoms. The van der Waals surface area contributed by atoms with E-state index < -0.39 is 0 Å². The topological polar surface area (TPSA) is 52.6 Å². The SMILES string of the molecule is CC(=O)OC[C@H]1[C@H](COC(C)=O)[C@@H]2CC[C@H]1[C@H]1[C@H]3C[C@@H]([C@@H]21)[C@H]1[C@@H]3[C@]2(C)[C@@H]3[C@@H]([C@@H]4C[C@H]3c3ccccc34)[C@]12C. The Morgan fingerprint density at radius 3 is 1.58 bits per heavy atom. The molecule has 8 saturated carbocycles. The van der Waals surface area contributed by atoms with Gasteiger partial charge in [-0.3, -0.25) is 9.59 Å². The lowest BCUT2D eigenvalue weighted by atomic mass is 9.18. The fourth-order valence-electron chi connectivity index (χ4n) is 14.8. The van der Waals surface area contributed by atoms with Crippen LogP contribution in [0.2, 0.25) is 0 Å². The number of hydrogen-bond donors (Lipinski definition) is 0. The second kappa shape index (κ2) is 7.07. The summed E-state index contributed by atoms with van der Waals surface area (Å²) >= 11 is 0. The van der Waals surface area contributed by atoms with Gasteiger partial charge in [0.15, 0.2) is 0 Å². The summed E-state index contributed by atoms with van der Waals surface area (Å²) in [5.41, 5.74) is 4.38. The third-order valence-electron chi connectivity index (χ3n) is 15.2. The summed E-state index contributed by atoms with van der Waals surface area (Å²) in [7, 11) is 0. The molecule has 0 radical (unpaired) electrons. The summed E-state index contributed by atoms with van der Waals surface area (Å²) < 4.78 is 11.4. The van der Waals surface area contributed by atoms with Gasteiger partial charge >= 0.3 is 11.9 Å². The van der Waals surface area contributed by atoms with Crippen molar-refractivity contribution < 1.29 is 19.1 Å². The van der Waals surface area contributed by atoms with Gasteiger partial charge in [0, 0.05) is 25.7 Å². The van der Waals surface area contributed by atoms with Gasteiger partial charge in [0.25, 0.3) is 0 Å². The van der Waals surface area contributed by atoms with Gasteiger partial charge in [-0.25, -0.2) is 0 Å². The third-order valence-corrected chi connectivity index (χ3v) is 15.2. The highest BCUT2D eigenvalue weighted by Gasteiger charge is 2.90. The first-order valence-corrected chi connectivity index (χ1v) is 15.6. The van der Waals surface area contributed by atoms with Crippen LogP contribution in [0.15, 0.2) is 24.3 Å². The molecule has 0 N–H and O–H groups in total. The molecule has 0 spiro atoms. The molecule has 0 amide bonds. The predicted molar refractivity (Wildman–Crippen MR) is 142 cm³/mol. The zero-order valence-electron chi connectivity index (χ0n) is 23.3. The molecule has 0 aliphatic heterocycles. The number of carbonyl (C=O) groups excluding carboxylic acids is 2. The number of ether oxygens (including phenoxy) is 2. The molecule has 16 atom stereocenters. The van der Waals surface area contributed by atoms with Crippen molar-refractivity contribution in [2.45, 2.75) is 65.2 Å². The van der Waals surface area contributed by atoms with Crippen LogP contribution in [0.1, 0.15) is 76.3 Å². The van der Waals surface area contributed by atoms with E-state index in [0.717, 1.165) is 59.2 Å². The van der Waals surface area contributed by atoms with E-state index in [2.05, 4.69) is 38.1 Å². The molecule has 202 valence electrons. The Bertz CT molecular complexity index is 1160. The van der Waals surface area contributed by atoms with Gasteiger partial charge in [-0.05, 0) is 119 Å². The molecule has 9 aliphatic rings. The lowest BCUT2D eigenvalue weighted by Gasteiger charge is -2.85. The van der Waals surface area contributed by atoms with Crippen molar-refractivity contribution in [3.05, 3.63) is 35.4 Å². The summed E-state index contributed by atoms with van der Waals surface area (Å²) in [6.07, 6.45) is 5.38. The number of benzene rings is 1. The van der Waals surface area contributed by atoms with E-state index in [-0.39, 0.29) is 11.9 Å². The molecule has 10 rings (SSSR count). The van der Waals surface area contributed by atoms with Crippen molar-refractivity contribution in [2.24, 2.45) is 81.8 Å². The van der Waals surface area contributed by atoms with Crippen LogP contribution < -0.4 is 0 Å². The largest absolute Gasteiger partial charge is 0.466 e. The monoisotopic (exact) mass is 514 g/mol. The normalized spacial score (nSPS) is 56.6. The molecule has 0 heterocycles. The fraction of sp³-hybridized carbons (Fsp3) is 0.765. The summed E-state index contributed by atoms with van der Waals surface area (Å²) in [4.78, 5) is 23.7. The van der Waals surface area contributed by atoms with Gasteiger partial charge in [-0.15, -0.1) is 0 Å². The van der Waals surface area contributed by atoms with Crippen LogP contribution in [0.25, 0.3) is 0 Å². The predicted octanol–water partition coefficient (Wildman–Crippen LogP) is 6.06. The summed E-state index contributed by atoms with van der Waals surface area (Å²) in [5, 5.41) is 0. The van der Waals surface area contributed by atoms with Crippen molar-refractivity contribution in [1.29, 1.82) is 0 Å². The Balaban J connectivity index is 1.08. The molecular weight excluding hydrogens is 472 g/mol. The zero-order valence-corrected chi connectivity index (χ0v) is 23.3. The first-order chi connectivity index (χ1) is 18.3. The first-order valence-electron chi connectivity index (χ1n) is 15.6. The molecule has 1 aromatic carbocycles. The molecule has 38 heavy (non-hydrogen) atoms. The molecule has 0 unspecified atom stereocenters. The number of carbonyl (C=O) groups is 2. The van der Waals surface area contributed by atoms with Crippen LogP contribution in [0.5, 0.6) is 0 Å². The van der Waals surface area contributed by atoms with Crippen molar-refractivity contribution >= 4 is 11.9 Å². The molecule has 1 aromatic rings. The van der Waals surface area contributed by atoms with E-state index in [1.54, 1.807) is 11.1 Å². The van der Waals surface area contributed by atoms with E-state index in [1.807, 2.05) is 0 Å². The van der Waals surface area contributed by atoms with E-state index >= 15 is 0 Å². The van der Waals surface area contributed by atoms with Crippen LogP contribution in [-0.4, -0.2) is 25.2 Å². The Kier molecular flexibility index (Phi) is 4.27. The van der Waals surface area contributed by atoms with E-state index in [9.17, 15) is 9.59 Å². The average Bonchev–Trinajstić information content (AvgIpc) is 3.67. The van der Waals surface area contributed by atoms with Crippen LogP contribution >= 0.6 is 0 Å². The number of esters is 2. The van der Waals surface area contributed by atoms with Gasteiger partial charge in [-0.1, -0.05) is 38.1 Å². The standard InChI is InChI=1S/C34H42O4/c1-15(35)37-13-25-19-9-10-20(26(25)14-38-16(2)36)28-24-12-23(27(19)28)31-32(24)34(4)30-22-11-21(29(30)33(31,34)3)17-7-5-6-8-18(17)22/h5-8,19-32H,9-14H2,1-4H3/t19-,20+,21+,22-,23-,24+,25-,26-,27+,28-,29+,30-,31-,32+,33+,34-/m1/s1. The Hall–Kier alpha value is -1.84. The molecule has 8 fully saturated rings. The second-order valence-electron chi connectivity index (χ2n) is 15.3. The number of hydrogen-bond acceptors (Lipinski definition) is 4. The van der Waals surface area contributed by atoms with Gasteiger partial charge in [0.1, 0.15) is 0 Å². The smallest absolute Gasteiger partial charge is 0.302 e. The van der Waals surface area contributed by atoms with Gasteiger partial charge in [0.05, 0.1) is 13.2 Å². The van der Waals surface area contributed by atoms with E-state index in [0.29, 0.717) is 47.7 Å². The average molecular weight is 515 g/mol. The number of fused-ring (bicyclic) bond motifs is 20. The van der Waals surface area contributed by atoms with Gasteiger partial charge in [-0.2, -0.15) is 0 Å². The van der Waals surface area contributed by atoms with Gasteiger partial charge < -0.3 is 9.47 Å². The van der Waals surface area contributed by atoms with Crippen molar-refractivity contribution in [3.8, 4) is 0 Å². The highest BCUT2D eigenvalue weighted by Crippen LogP contribution is 2.95. The highest BCUT2D eigenvalue weighted by molar-refractivity contribution is 5.66. The third kappa shape index (κ3) is 2.25. The fourth-order valence-corrected chi connectivity index (χ4v) is 14.8.